The topological polar surface area (TPSA) is 98.5 Å². The number of amides is 1. The minimum Gasteiger partial charge on any atom is -0.352 e. The molecule has 0 radical (unpaired) electrons. The van der Waals surface area contributed by atoms with E-state index < -0.39 is 0 Å². The first kappa shape index (κ1) is 17.2. The molecule has 0 aliphatic carbocycles. The Labute approximate surface area is 159 Å². The van der Waals surface area contributed by atoms with Gasteiger partial charge in [0.1, 0.15) is 15.5 Å². The van der Waals surface area contributed by atoms with Crippen LogP contribution in [0.25, 0.3) is 11.2 Å². The number of nitrogens with one attached hydrogen (secondary N) is 1. The number of hydrogen-bond acceptors (Lipinski definition) is 7. The number of aromatic nitrogens is 6. The van der Waals surface area contributed by atoms with Gasteiger partial charge in [0.05, 0.1) is 24.1 Å². The summed E-state index contributed by atoms with van der Waals surface area (Å²) in [6.07, 6.45) is 5.70. The zero-order valence-electron chi connectivity index (χ0n) is 14.7. The van der Waals surface area contributed by atoms with Crippen LogP contribution in [0.1, 0.15) is 26.1 Å². The number of aryl methyl sites for hydroxylation is 1. The molecule has 0 fully saturated rings. The molecule has 0 aromatic carbocycles. The molecule has 4 aromatic rings. The second-order valence-electron chi connectivity index (χ2n) is 5.98. The molecule has 27 heavy (non-hydrogen) atoms. The van der Waals surface area contributed by atoms with Gasteiger partial charge in [-0.3, -0.25) is 9.78 Å². The van der Waals surface area contributed by atoms with E-state index in [4.69, 9.17) is 0 Å². The first-order valence-electron chi connectivity index (χ1n) is 8.47. The van der Waals surface area contributed by atoms with Gasteiger partial charge in [-0.25, -0.2) is 9.97 Å². The molecule has 8 nitrogen and oxygen atoms in total. The van der Waals surface area contributed by atoms with Crippen LogP contribution in [0.5, 0.6) is 0 Å². The number of pyridine rings is 2. The summed E-state index contributed by atoms with van der Waals surface area (Å²) in [6.45, 7) is 2.99. The van der Waals surface area contributed by atoms with E-state index in [1.54, 1.807) is 24.8 Å². The number of carbonyl (C=O) groups excluding carboxylic acids is 1. The fourth-order valence-electron chi connectivity index (χ4n) is 2.68. The predicted octanol–water partition coefficient (Wildman–Crippen LogP) is 2.01. The van der Waals surface area contributed by atoms with Crippen molar-refractivity contribution in [2.45, 2.75) is 19.9 Å². The van der Waals surface area contributed by atoms with E-state index in [9.17, 15) is 4.79 Å². The summed E-state index contributed by atoms with van der Waals surface area (Å²) in [5.74, 6) is -0.176. The largest absolute Gasteiger partial charge is 0.352 e. The predicted molar refractivity (Wildman–Crippen MR) is 102 cm³/mol. The smallest absolute Gasteiger partial charge is 0.252 e. The lowest BCUT2D eigenvalue weighted by molar-refractivity contribution is 0.0954. The molecule has 4 heterocycles. The van der Waals surface area contributed by atoms with Crippen LogP contribution < -0.4 is 5.32 Å². The van der Waals surface area contributed by atoms with Crippen LogP contribution in [0.15, 0.2) is 43.0 Å². The molecule has 0 spiro atoms. The zero-order valence-corrected chi connectivity index (χ0v) is 15.5. The highest BCUT2D eigenvalue weighted by atomic mass is 32.1. The lowest BCUT2D eigenvalue weighted by atomic mass is 10.2. The van der Waals surface area contributed by atoms with E-state index in [2.05, 4.69) is 30.5 Å². The average Bonchev–Trinajstić information content (AvgIpc) is 3.28. The Balaban J connectivity index is 1.43. The molecule has 0 unspecified atom stereocenters. The van der Waals surface area contributed by atoms with Crippen molar-refractivity contribution in [2.24, 2.45) is 0 Å². The quantitative estimate of drug-likeness (QED) is 0.550. The van der Waals surface area contributed by atoms with Gasteiger partial charge >= 0.3 is 0 Å². The van der Waals surface area contributed by atoms with Crippen molar-refractivity contribution < 1.29 is 4.79 Å². The SMILES string of the molecule is Cc1nnc(CCNC(=O)c2cnc3c(c2)ncn3Cc2ccccn2)s1. The van der Waals surface area contributed by atoms with Crippen LogP contribution in [0, 0.1) is 6.92 Å². The summed E-state index contributed by atoms with van der Waals surface area (Å²) >= 11 is 1.54. The van der Waals surface area contributed by atoms with Gasteiger partial charge in [-0.15, -0.1) is 21.5 Å². The number of rotatable bonds is 6. The van der Waals surface area contributed by atoms with Gasteiger partial charge in [-0.1, -0.05) is 6.07 Å². The maximum Gasteiger partial charge on any atom is 0.252 e. The standard InChI is InChI=1S/C18H17N7OS/c1-12-23-24-16(27-12)5-7-20-18(26)13-8-15-17(21-9-13)25(11-22-15)10-14-4-2-3-6-19-14/h2-4,6,8-9,11H,5,7,10H2,1H3,(H,20,26). The lowest BCUT2D eigenvalue weighted by Gasteiger charge is -2.05. The number of nitrogens with zero attached hydrogens (tertiary/aromatic N) is 6. The Bertz CT molecular complexity index is 1070. The molecule has 9 heteroatoms. The second-order valence-corrected chi connectivity index (χ2v) is 7.25. The van der Waals surface area contributed by atoms with Gasteiger partial charge in [0.2, 0.25) is 0 Å². The molecule has 0 atom stereocenters. The van der Waals surface area contributed by atoms with Crippen LogP contribution in [-0.4, -0.2) is 42.2 Å². The Morgan fingerprint density at radius 1 is 1.22 bits per heavy atom. The van der Waals surface area contributed by atoms with Crippen molar-refractivity contribution in [1.82, 2.24) is 35.0 Å². The van der Waals surface area contributed by atoms with Crippen LogP contribution in [0.4, 0.5) is 0 Å². The number of carbonyl (C=O) groups is 1. The molecule has 4 aromatic heterocycles. The van der Waals surface area contributed by atoms with E-state index >= 15 is 0 Å². The normalized spacial score (nSPS) is 11.0. The zero-order chi connectivity index (χ0) is 18.6. The first-order chi connectivity index (χ1) is 13.2. The first-order valence-corrected chi connectivity index (χ1v) is 9.28. The van der Waals surface area contributed by atoms with E-state index in [0.29, 0.717) is 30.6 Å². The van der Waals surface area contributed by atoms with Crippen molar-refractivity contribution in [1.29, 1.82) is 0 Å². The van der Waals surface area contributed by atoms with Crippen molar-refractivity contribution in [3.8, 4) is 0 Å². The van der Waals surface area contributed by atoms with Gasteiger partial charge in [0, 0.05) is 25.4 Å². The van der Waals surface area contributed by atoms with Crippen molar-refractivity contribution in [3.05, 3.63) is 64.3 Å². The summed E-state index contributed by atoms with van der Waals surface area (Å²) in [6, 6.07) is 7.53. The molecular formula is C18H17N7OS. The third-order valence-electron chi connectivity index (χ3n) is 3.97. The van der Waals surface area contributed by atoms with Gasteiger partial charge in [-0.05, 0) is 25.1 Å². The third kappa shape index (κ3) is 3.98. The monoisotopic (exact) mass is 379 g/mol. The second kappa shape index (κ2) is 7.58. The van der Waals surface area contributed by atoms with Gasteiger partial charge in [0.25, 0.3) is 5.91 Å². The minimum absolute atomic E-state index is 0.176. The number of fused-ring (bicyclic) bond motifs is 1. The van der Waals surface area contributed by atoms with Gasteiger partial charge in [0.15, 0.2) is 5.65 Å². The van der Waals surface area contributed by atoms with Crippen molar-refractivity contribution in [3.63, 3.8) is 0 Å². The highest BCUT2D eigenvalue weighted by Gasteiger charge is 2.11. The highest BCUT2D eigenvalue weighted by molar-refractivity contribution is 7.11. The van der Waals surface area contributed by atoms with Crippen LogP contribution in [-0.2, 0) is 13.0 Å². The summed E-state index contributed by atoms with van der Waals surface area (Å²) in [7, 11) is 0. The molecule has 1 amide bonds. The lowest BCUT2D eigenvalue weighted by Crippen LogP contribution is -2.25. The molecule has 0 bridgehead atoms. The fourth-order valence-corrected chi connectivity index (χ4v) is 3.39. The van der Waals surface area contributed by atoms with Crippen LogP contribution >= 0.6 is 11.3 Å². The maximum absolute atomic E-state index is 12.4. The Morgan fingerprint density at radius 3 is 2.93 bits per heavy atom. The van der Waals surface area contributed by atoms with E-state index in [1.165, 1.54) is 11.3 Å². The average molecular weight is 379 g/mol. The molecule has 0 saturated carbocycles. The maximum atomic E-state index is 12.4. The summed E-state index contributed by atoms with van der Waals surface area (Å²) in [4.78, 5) is 25.5. The van der Waals surface area contributed by atoms with Gasteiger partial charge < -0.3 is 9.88 Å². The molecule has 0 aliphatic rings. The van der Waals surface area contributed by atoms with Crippen LogP contribution in [0.2, 0.25) is 0 Å². The highest BCUT2D eigenvalue weighted by Crippen LogP contribution is 2.13. The molecule has 0 aliphatic heterocycles. The summed E-state index contributed by atoms with van der Waals surface area (Å²) < 4.78 is 1.91. The third-order valence-corrected chi connectivity index (χ3v) is 4.87. The van der Waals surface area contributed by atoms with Crippen molar-refractivity contribution in [2.75, 3.05) is 6.54 Å². The summed E-state index contributed by atoms with van der Waals surface area (Å²) in [5.41, 5.74) is 2.81. The Morgan fingerprint density at radius 2 is 2.15 bits per heavy atom. The Kier molecular flexibility index (Phi) is 4.84. The van der Waals surface area contributed by atoms with Gasteiger partial charge in [-0.2, -0.15) is 0 Å². The van der Waals surface area contributed by atoms with E-state index in [-0.39, 0.29) is 5.91 Å². The molecule has 0 saturated heterocycles. The minimum atomic E-state index is -0.176. The molecule has 1 N–H and O–H groups in total. The van der Waals surface area contributed by atoms with Crippen molar-refractivity contribution >= 4 is 28.4 Å². The molecule has 136 valence electrons. The van der Waals surface area contributed by atoms with Crippen LogP contribution in [0.3, 0.4) is 0 Å². The molecular weight excluding hydrogens is 362 g/mol. The number of hydrogen-bond donors (Lipinski definition) is 1. The molecule has 4 rings (SSSR count). The van der Waals surface area contributed by atoms with E-state index in [0.717, 1.165) is 21.4 Å². The van der Waals surface area contributed by atoms with E-state index in [1.807, 2.05) is 29.7 Å². The Hall–Kier alpha value is -3.20. The fraction of sp³-hybridized carbons (Fsp3) is 0.222. The number of imidazole rings is 1. The summed E-state index contributed by atoms with van der Waals surface area (Å²) in [5, 5.41) is 12.7.